The number of fused-ring (bicyclic) bond motifs is 1. The van der Waals surface area contributed by atoms with Crippen LogP contribution in [-0.2, 0) is 0 Å². The molecule has 0 aliphatic carbocycles. The molecule has 1 N–H and O–H groups in total. The van der Waals surface area contributed by atoms with Gasteiger partial charge in [0.1, 0.15) is 11.3 Å². The molecular weight excluding hydrogens is 296 g/mol. The fourth-order valence-corrected chi connectivity index (χ4v) is 2.66. The number of aromatic hydroxyl groups is 1. The first-order valence-corrected chi connectivity index (χ1v) is 7.69. The van der Waals surface area contributed by atoms with Crippen LogP contribution in [0.4, 0.5) is 0 Å². The van der Waals surface area contributed by atoms with Gasteiger partial charge in [-0.1, -0.05) is 60.4 Å². The van der Waals surface area contributed by atoms with Crippen molar-refractivity contribution in [2.24, 2.45) is 0 Å². The van der Waals surface area contributed by atoms with Gasteiger partial charge in [0.15, 0.2) is 5.76 Å². The standard InChI is InChI=1S/C22H14O2/c23-18-12-14-21-20(15-18)19(13-11-16-7-3-1-4-8-16)22(24-21)17-9-5-2-6-10-17/h1-10,12,14-15,23H. The van der Waals surface area contributed by atoms with Crippen molar-refractivity contribution in [3.63, 3.8) is 0 Å². The number of phenolic OH excluding ortho intramolecular Hbond substituents is 1. The normalized spacial score (nSPS) is 10.3. The molecule has 0 unspecified atom stereocenters. The van der Waals surface area contributed by atoms with E-state index in [4.69, 9.17) is 4.42 Å². The summed E-state index contributed by atoms with van der Waals surface area (Å²) in [5.74, 6) is 7.32. The van der Waals surface area contributed by atoms with Crippen LogP contribution in [0.1, 0.15) is 11.1 Å². The van der Waals surface area contributed by atoms with Crippen LogP contribution >= 0.6 is 0 Å². The molecule has 114 valence electrons. The topological polar surface area (TPSA) is 33.4 Å². The molecule has 4 aromatic rings. The molecular formula is C22H14O2. The summed E-state index contributed by atoms with van der Waals surface area (Å²) in [6.45, 7) is 0. The van der Waals surface area contributed by atoms with E-state index in [0.29, 0.717) is 5.58 Å². The summed E-state index contributed by atoms with van der Waals surface area (Å²) in [6.07, 6.45) is 0. The van der Waals surface area contributed by atoms with E-state index in [1.165, 1.54) is 0 Å². The van der Waals surface area contributed by atoms with Crippen molar-refractivity contribution in [2.75, 3.05) is 0 Å². The van der Waals surface area contributed by atoms with E-state index in [2.05, 4.69) is 11.8 Å². The maximum Gasteiger partial charge on any atom is 0.151 e. The summed E-state index contributed by atoms with van der Waals surface area (Å²) in [5, 5.41) is 10.6. The van der Waals surface area contributed by atoms with Gasteiger partial charge in [-0.2, -0.15) is 0 Å². The van der Waals surface area contributed by atoms with Gasteiger partial charge in [0.05, 0.1) is 5.56 Å². The highest BCUT2D eigenvalue weighted by Crippen LogP contribution is 2.34. The number of hydrogen-bond acceptors (Lipinski definition) is 2. The van der Waals surface area contributed by atoms with Gasteiger partial charge in [-0.15, -0.1) is 0 Å². The van der Waals surface area contributed by atoms with Gasteiger partial charge in [0.25, 0.3) is 0 Å². The minimum absolute atomic E-state index is 0.200. The lowest BCUT2D eigenvalue weighted by Crippen LogP contribution is -1.80. The number of phenols is 1. The molecule has 4 rings (SSSR count). The summed E-state index contributed by atoms with van der Waals surface area (Å²) in [7, 11) is 0. The van der Waals surface area contributed by atoms with E-state index >= 15 is 0 Å². The Balaban J connectivity index is 1.95. The first kappa shape index (κ1) is 14.2. The first-order valence-electron chi connectivity index (χ1n) is 7.69. The largest absolute Gasteiger partial charge is 0.508 e. The van der Waals surface area contributed by atoms with Gasteiger partial charge in [-0.05, 0) is 30.3 Å². The molecule has 0 aliphatic heterocycles. The zero-order chi connectivity index (χ0) is 16.4. The van der Waals surface area contributed by atoms with E-state index in [9.17, 15) is 5.11 Å². The van der Waals surface area contributed by atoms with Crippen molar-refractivity contribution in [2.45, 2.75) is 0 Å². The third-order valence-electron chi connectivity index (χ3n) is 3.81. The minimum atomic E-state index is 0.200. The highest BCUT2D eigenvalue weighted by molar-refractivity contribution is 5.92. The third kappa shape index (κ3) is 2.64. The summed E-state index contributed by atoms with van der Waals surface area (Å²) >= 11 is 0. The Morgan fingerprint density at radius 2 is 1.46 bits per heavy atom. The maximum absolute atomic E-state index is 9.83. The monoisotopic (exact) mass is 310 g/mol. The van der Waals surface area contributed by atoms with Gasteiger partial charge in [0.2, 0.25) is 0 Å². The van der Waals surface area contributed by atoms with Gasteiger partial charge >= 0.3 is 0 Å². The molecule has 0 amide bonds. The van der Waals surface area contributed by atoms with Crippen molar-refractivity contribution in [1.29, 1.82) is 0 Å². The zero-order valence-corrected chi connectivity index (χ0v) is 12.9. The van der Waals surface area contributed by atoms with Crippen LogP contribution in [0.2, 0.25) is 0 Å². The van der Waals surface area contributed by atoms with Crippen LogP contribution < -0.4 is 0 Å². The van der Waals surface area contributed by atoms with Crippen LogP contribution in [-0.4, -0.2) is 5.11 Å². The van der Waals surface area contributed by atoms with Crippen LogP contribution in [0.5, 0.6) is 5.75 Å². The van der Waals surface area contributed by atoms with E-state index < -0.39 is 0 Å². The van der Waals surface area contributed by atoms with Crippen molar-refractivity contribution in [3.8, 4) is 28.9 Å². The molecule has 0 atom stereocenters. The molecule has 1 aromatic heterocycles. The van der Waals surface area contributed by atoms with Crippen molar-refractivity contribution >= 4 is 11.0 Å². The Morgan fingerprint density at radius 3 is 2.21 bits per heavy atom. The van der Waals surface area contributed by atoms with Crippen LogP contribution in [0.3, 0.4) is 0 Å². The molecule has 0 radical (unpaired) electrons. The molecule has 0 fully saturated rings. The van der Waals surface area contributed by atoms with E-state index in [0.717, 1.165) is 27.8 Å². The zero-order valence-electron chi connectivity index (χ0n) is 12.9. The Hall–Kier alpha value is -3.44. The lowest BCUT2D eigenvalue weighted by Gasteiger charge is -1.97. The van der Waals surface area contributed by atoms with Gasteiger partial charge < -0.3 is 9.52 Å². The molecule has 2 heteroatoms. The summed E-state index contributed by atoms with van der Waals surface area (Å²) in [5.41, 5.74) is 3.40. The van der Waals surface area contributed by atoms with Crippen LogP contribution in [0.15, 0.2) is 83.3 Å². The van der Waals surface area contributed by atoms with E-state index in [-0.39, 0.29) is 5.75 Å². The highest BCUT2D eigenvalue weighted by atomic mass is 16.3. The SMILES string of the molecule is Oc1ccc2oc(-c3ccccc3)c(C#Cc3ccccc3)c2c1. The number of rotatable bonds is 1. The fraction of sp³-hybridized carbons (Fsp3) is 0. The van der Waals surface area contributed by atoms with Crippen LogP contribution in [0, 0.1) is 11.8 Å². The second kappa shape index (κ2) is 5.98. The molecule has 0 spiro atoms. The first-order chi connectivity index (χ1) is 11.8. The van der Waals surface area contributed by atoms with Crippen molar-refractivity contribution in [1.82, 2.24) is 0 Å². The van der Waals surface area contributed by atoms with E-state index in [1.54, 1.807) is 18.2 Å². The van der Waals surface area contributed by atoms with E-state index in [1.807, 2.05) is 60.7 Å². The van der Waals surface area contributed by atoms with Crippen molar-refractivity contribution < 1.29 is 9.52 Å². The molecule has 0 bridgehead atoms. The Bertz CT molecular complexity index is 1050. The molecule has 24 heavy (non-hydrogen) atoms. The smallest absolute Gasteiger partial charge is 0.151 e. The summed E-state index contributed by atoms with van der Waals surface area (Å²) in [6, 6.07) is 24.8. The number of hydrogen-bond donors (Lipinski definition) is 1. The minimum Gasteiger partial charge on any atom is -0.508 e. The molecule has 0 saturated carbocycles. The fourth-order valence-electron chi connectivity index (χ4n) is 2.66. The predicted molar refractivity (Wildman–Crippen MR) is 95.7 cm³/mol. The lowest BCUT2D eigenvalue weighted by molar-refractivity contribution is 0.476. The predicted octanol–water partition coefficient (Wildman–Crippen LogP) is 5.21. The van der Waals surface area contributed by atoms with Gasteiger partial charge in [-0.25, -0.2) is 0 Å². The van der Waals surface area contributed by atoms with Crippen molar-refractivity contribution in [3.05, 3.63) is 90.0 Å². The average Bonchev–Trinajstić information content (AvgIpc) is 2.99. The molecule has 0 aliphatic rings. The average molecular weight is 310 g/mol. The Morgan fingerprint density at radius 1 is 0.750 bits per heavy atom. The summed E-state index contributed by atoms with van der Waals surface area (Å²) in [4.78, 5) is 0. The van der Waals surface area contributed by atoms with Crippen LogP contribution in [0.25, 0.3) is 22.3 Å². The second-order valence-electron chi connectivity index (χ2n) is 5.47. The van der Waals surface area contributed by atoms with Gasteiger partial charge in [-0.3, -0.25) is 0 Å². The maximum atomic E-state index is 9.83. The molecule has 1 heterocycles. The number of benzene rings is 3. The highest BCUT2D eigenvalue weighted by Gasteiger charge is 2.14. The quantitative estimate of drug-likeness (QED) is 0.490. The molecule has 2 nitrogen and oxygen atoms in total. The lowest BCUT2D eigenvalue weighted by atomic mass is 10.1. The summed E-state index contributed by atoms with van der Waals surface area (Å²) < 4.78 is 6.02. The Kier molecular flexibility index (Phi) is 3.53. The Labute approximate surface area is 140 Å². The molecule has 3 aromatic carbocycles. The van der Waals surface area contributed by atoms with Gasteiger partial charge in [0, 0.05) is 16.5 Å². The second-order valence-corrected chi connectivity index (χ2v) is 5.47. The molecule has 0 saturated heterocycles. The number of furan rings is 1. The third-order valence-corrected chi connectivity index (χ3v) is 3.81.